The van der Waals surface area contributed by atoms with Crippen molar-refractivity contribution in [1.82, 2.24) is 9.80 Å². The zero-order chi connectivity index (χ0) is 45.6. The van der Waals surface area contributed by atoms with Crippen molar-refractivity contribution in [3.8, 4) is 17.2 Å². The van der Waals surface area contributed by atoms with Crippen LogP contribution in [0.2, 0.25) is 0 Å². The number of hydrogen-bond donors (Lipinski definition) is 3. The van der Waals surface area contributed by atoms with Gasteiger partial charge in [-0.2, -0.15) is 0 Å². The van der Waals surface area contributed by atoms with Gasteiger partial charge in [-0.3, -0.25) is 19.9 Å². The molecule has 1 amide bonds. The molecule has 3 aromatic carbocycles. The van der Waals surface area contributed by atoms with Crippen molar-refractivity contribution in [1.29, 1.82) is 0 Å². The lowest BCUT2D eigenvalue weighted by atomic mass is 9.55. The summed E-state index contributed by atoms with van der Waals surface area (Å²) < 4.78 is 32.5. The van der Waals surface area contributed by atoms with E-state index < -0.39 is 28.8 Å². The molecule has 0 aromatic heterocycles. The van der Waals surface area contributed by atoms with Crippen molar-refractivity contribution in [3.63, 3.8) is 0 Å². The molecule has 1 saturated heterocycles. The number of carbonyl (C=O) groups is 1. The van der Waals surface area contributed by atoms with E-state index in [4.69, 9.17) is 33.7 Å². The molecule has 2 aliphatic heterocycles. The van der Waals surface area contributed by atoms with Crippen LogP contribution in [0.15, 0.2) is 102 Å². The normalized spacial score (nSPS) is 23.6. The second-order valence-electron chi connectivity index (χ2n) is 16.9. The Balaban J connectivity index is 1.40. The van der Waals surface area contributed by atoms with Gasteiger partial charge < -0.3 is 43.8 Å². The first-order chi connectivity index (χ1) is 31.8. The van der Waals surface area contributed by atoms with Gasteiger partial charge in [-0.1, -0.05) is 60.5 Å². The molecule has 16 nitrogen and oxygen atoms in total. The van der Waals surface area contributed by atoms with Gasteiger partial charge in [0.15, 0.2) is 0 Å². The van der Waals surface area contributed by atoms with E-state index in [-0.39, 0.29) is 88.4 Å². The van der Waals surface area contributed by atoms with Gasteiger partial charge in [0, 0.05) is 69.4 Å². The number of nitro groups is 1. The minimum absolute atomic E-state index is 0.00481. The van der Waals surface area contributed by atoms with E-state index in [2.05, 4.69) is 23.6 Å². The van der Waals surface area contributed by atoms with Crippen LogP contribution in [0.3, 0.4) is 0 Å². The summed E-state index contributed by atoms with van der Waals surface area (Å²) in [6, 6.07) is 19.9. The molecule has 2 heterocycles. The zero-order valence-electron chi connectivity index (χ0n) is 36.9. The third kappa shape index (κ3) is 11.7. The van der Waals surface area contributed by atoms with Crippen LogP contribution in [0.5, 0.6) is 17.2 Å². The first-order valence-corrected chi connectivity index (χ1v) is 22.8. The van der Waals surface area contributed by atoms with Crippen LogP contribution in [0.4, 0.5) is 10.5 Å². The van der Waals surface area contributed by atoms with E-state index in [1.807, 2.05) is 42.5 Å². The molecule has 6 atom stereocenters. The Bertz CT molecular complexity index is 2100. The molecular weight excluding hydrogens is 837 g/mol. The maximum absolute atomic E-state index is 14.8. The Kier molecular flexibility index (Phi) is 17.0. The van der Waals surface area contributed by atoms with Gasteiger partial charge in [-0.05, 0) is 79.0 Å². The number of benzene rings is 3. The van der Waals surface area contributed by atoms with E-state index in [0.717, 1.165) is 62.0 Å². The number of carbonyl (C=O) groups excluding carboxylic acids is 1. The lowest BCUT2D eigenvalue weighted by Gasteiger charge is -2.59. The Morgan fingerprint density at radius 3 is 2.42 bits per heavy atom. The molecule has 0 unspecified atom stereocenters. The summed E-state index contributed by atoms with van der Waals surface area (Å²) in [5.41, 5.74) is 3.16. The van der Waals surface area contributed by atoms with Gasteiger partial charge in [-0.25, -0.2) is 4.79 Å². The number of hydrogen-bond acceptors (Lipinski definition) is 14. The lowest BCUT2D eigenvalue weighted by Crippen LogP contribution is -2.70. The highest BCUT2D eigenvalue weighted by molar-refractivity contribution is 6.03. The Morgan fingerprint density at radius 1 is 0.954 bits per heavy atom. The molecular formula is C49H62N4O12. The predicted octanol–water partition coefficient (Wildman–Crippen LogP) is 6.63. The molecule has 16 heteroatoms. The van der Waals surface area contributed by atoms with E-state index in [9.17, 15) is 30.2 Å². The molecule has 7 rings (SSSR count). The van der Waals surface area contributed by atoms with Crippen LogP contribution in [-0.2, 0) is 20.9 Å². The minimum Gasteiger partial charge on any atom is -0.492 e. The fourth-order valence-corrected chi connectivity index (χ4v) is 9.58. The van der Waals surface area contributed by atoms with Crippen LogP contribution in [0, 0.1) is 27.9 Å². The van der Waals surface area contributed by atoms with E-state index in [1.165, 1.54) is 29.2 Å². The second-order valence-corrected chi connectivity index (χ2v) is 16.9. The lowest BCUT2D eigenvalue weighted by molar-refractivity contribution is -0.384. The van der Waals surface area contributed by atoms with Crippen LogP contribution in [0.25, 0.3) is 0 Å². The van der Waals surface area contributed by atoms with E-state index in [0.29, 0.717) is 36.7 Å². The number of ether oxygens (including phenoxy) is 5. The number of rotatable bonds is 26. The van der Waals surface area contributed by atoms with Gasteiger partial charge >= 0.3 is 6.09 Å². The number of aliphatic hydroxyl groups excluding tert-OH is 3. The number of allylic oxidation sites excluding steroid dienone is 1. The summed E-state index contributed by atoms with van der Waals surface area (Å²) in [7, 11) is 0. The average Bonchev–Trinajstić information content (AvgIpc) is 4.15. The smallest absolute Gasteiger partial charge is 0.415 e. The van der Waals surface area contributed by atoms with Crippen LogP contribution < -0.4 is 14.2 Å². The number of nitro benzene ring substituents is 1. The van der Waals surface area contributed by atoms with Crippen molar-refractivity contribution in [3.05, 3.63) is 118 Å². The first-order valence-electron chi connectivity index (χ1n) is 22.8. The number of fused-ring (bicyclic) bond motifs is 2. The van der Waals surface area contributed by atoms with Crippen molar-refractivity contribution < 1.29 is 53.6 Å². The maximum atomic E-state index is 14.8. The molecule has 2 fully saturated rings. The van der Waals surface area contributed by atoms with Gasteiger partial charge in [0.2, 0.25) is 5.79 Å². The van der Waals surface area contributed by atoms with Crippen molar-refractivity contribution in [2.75, 3.05) is 72.4 Å². The largest absolute Gasteiger partial charge is 0.492 e. The topological polar surface area (TPSA) is 195 Å². The highest BCUT2D eigenvalue weighted by Crippen LogP contribution is 2.62. The van der Waals surface area contributed by atoms with Gasteiger partial charge in [0.1, 0.15) is 36.5 Å². The van der Waals surface area contributed by atoms with Crippen LogP contribution in [0.1, 0.15) is 62.0 Å². The number of aliphatic hydroxyl groups is 3. The molecule has 2 aliphatic carbocycles. The monoisotopic (exact) mass is 898 g/mol. The summed E-state index contributed by atoms with van der Waals surface area (Å²) in [6.07, 6.45) is 7.59. The van der Waals surface area contributed by atoms with Gasteiger partial charge in [0.25, 0.3) is 5.69 Å². The highest BCUT2D eigenvalue weighted by Gasteiger charge is 2.65. The molecule has 0 spiro atoms. The Labute approximate surface area is 380 Å². The van der Waals surface area contributed by atoms with E-state index >= 15 is 0 Å². The van der Waals surface area contributed by atoms with Gasteiger partial charge in [0.05, 0.1) is 43.0 Å². The number of oxime groups is 1. The summed E-state index contributed by atoms with van der Waals surface area (Å²) >= 11 is 0. The number of unbranched alkanes of at least 4 members (excludes halogenated alkanes) is 2. The fraction of sp³-hybridized carbons (Fsp3) is 0.510. The number of amides is 1. The molecule has 0 bridgehead atoms. The third-order valence-electron chi connectivity index (χ3n) is 12.7. The molecule has 1 saturated carbocycles. The van der Waals surface area contributed by atoms with Crippen molar-refractivity contribution in [2.24, 2.45) is 22.9 Å². The molecule has 0 radical (unpaired) electrons. The molecule has 65 heavy (non-hydrogen) atoms. The Hall–Kier alpha value is -5.36. The second kappa shape index (κ2) is 23.2. The summed E-state index contributed by atoms with van der Waals surface area (Å²) in [5, 5.41) is 45.9. The predicted molar refractivity (Wildman–Crippen MR) is 242 cm³/mol. The molecule has 4 aliphatic rings. The first kappa shape index (κ1) is 47.6. The maximum Gasteiger partial charge on any atom is 0.415 e. The van der Waals surface area contributed by atoms with Crippen molar-refractivity contribution in [2.45, 2.75) is 69.3 Å². The summed E-state index contributed by atoms with van der Waals surface area (Å²) in [6.45, 7) is 7.66. The minimum atomic E-state index is -1.57. The SMILES string of the molecule is C=CCO[C@@]12Oc3ccc(OCCN4CC4)cc3[C@H]3[C@H](CCCCO)[C@@H](CCCCO)C=C(C(=NOCc4ccccc4)C[C@@H]1N(CCOCCO)C(=O)Oc1ccc([N+](=O)[O-])cc1)[C@H]32. The highest BCUT2D eigenvalue weighted by atomic mass is 16.7. The summed E-state index contributed by atoms with van der Waals surface area (Å²) in [5.74, 6) is -1.05. The quantitative estimate of drug-likeness (QED) is 0.0256. The number of non-ortho nitro benzene ring substituents is 1. The van der Waals surface area contributed by atoms with Gasteiger partial charge in [-0.15, -0.1) is 6.58 Å². The molecule has 350 valence electrons. The summed E-state index contributed by atoms with van der Waals surface area (Å²) in [4.78, 5) is 35.7. The van der Waals surface area contributed by atoms with E-state index in [1.54, 1.807) is 6.08 Å². The third-order valence-corrected chi connectivity index (χ3v) is 12.7. The molecule has 3 aromatic rings. The zero-order valence-corrected chi connectivity index (χ0v) is 36.9. The molecule has 3 N–H and O–H groups in total. The standard InChI is InChI=1S/C49H62N4O12/c1-2-27-62-49-45(52(23-28-60-30-26-56)48(57)64-38-16-14-37(15-17-38)53(58)59)33-43(50-63-34-35-10-4-3-5-11-35)41-31-36(12-6-8-24-54)40(13-7-9-25-55)46(47(41)49)42-32-39(18-19-44(42)65-49)61-29-22-51-20-21-51/h2-5,10-11,14-19,31-32,36,40,45-47,54-56H,1,6-9,12-13,20-30,33-34H2/t36-,40+,45-,46+,47+,49+/m0/s1. The Morgan fingerprint density at radius 2 is 1.71 bits per heavy atom. The number of nitrogens with zero attached hydrogens (tertiary/aromatic N) is 4. The average molecular weight is 899 g/mol. The van der Waals surface area contributed by atoms with Crippen LogP contribution in [-0.4, -0.2) is 126 Å². The fourth-order valence-electron chi connectivity index (χ4n) is 9.58. The van der Waals surface area contributed by atoms with Crippen molar-refractivity contribution >= 4 is 17.5 Å². The van der Waals surface area contributed by atoms with Crippen LogP contribution >= 0.6 is 0 Å².